The van der Waals surface area contributed by atoms with Crippen molar-refractivity contribution in [3.63, 3.8) is 0 Å². The van der Waals surface area contributed by atoms with Gasteiger partial charge in [-0.15, -0.1) is 0 Å². The summed E-state index contributed by atoms with van der Waals surface area (Å²) in [6, 6.07) is 6.91. The summed E-state index contributed by atoms with van der Waals surface area (Å²) in [5.41, 5.74) is 1.36. The predicted molar refractivity (Wildman–Crippen MR) is 85.5 cm³/mol. The second-order valence-electron chi connectivity index (χ2n) is 4.99. The van der Waals surface area contributed by atoms with E-state index < -0.39 is 5.97 Å². The minimum absolute atomic E-state index is 0.0741. The summed E-state index contributed by atoms with van der Waals surface area (Å²) in [5.74, 6) is 0.127. The van der Waals surface area contributed by atoms with Crippen molar-refractivity contribution in [3.8, 4) is 0 Å². The number of aliphatic carboxylic acids is 1. The molecule has 0 aliphatic carbocycles. The summed E-state index contributed by atoms with van der Waals surface area (Å²) >= 11 is 1.93. The number of carbonyl (C=O) groups is 2. The Labute approximate surface area is 128 Å². The predicted octanol–water partition coefficient (Wildman–Crippen LogP) is 2.80. The lowest BCUT2D eigenvalue weighted by molar-refractivity contribution is -0.131. The van der Waals surface area contributed by atoms with Gasteiger partial charge in [0.25, 0.3) is 5.91 Å². The number of carbonyl (C=O) groups excluding carboxylic acids is 1. The van der Waals surface area contributed by atoms with E-state index in [0.717, 1.165) is 11.6 Å². The fourth-order valence-electron chi connectivity index (χ4n) is 2.19. The van der Waals surface area contributed by atoms with Crippen molar-refractivity contribution in [1.29, 1.82) is 0 Å². The van der Waals surface area contributed by atoms with Crippen molar-refractivity contribution in [2.75, 3.05) is 12.3 Å². The lowest BCUT2D eigenvalue weighted by Gasteiger charge is -2.21. The Balaban J connectivity index is 1.85. The Morgan fingerprint density at radius 3 is 2.67 bits per heavy atom. The van der Waals surface area contributed by atoms with Crippen LogP contribution in [0.25, 0.3) is 6.08 Å². The van der Waals surface area contributed by atoms with Crippen LogP contribution in [0.15, 0.2) is 30.3 Å². The van der Waals surface area contributed by atoms with E-state index in [9.17, 15) is 9.59 Å². The zero-order valence-electron chi connectivity index (χ0n) is 11.7. The van der Waals surface area contributed by atoms with E-state index in [1.54, 1.807) is 24.3 Å². The van der Waals surface area contributed by atoms with Crippen molar-refractivity contribution in [2.24, 2.45) is 0 Å². The van der Waals surface area contributed by atoms with Crippen LogP contribution in [0.4, 0.5) is 0 Å². The Morgan fingerprint density at radius 2 is 2.05 bits per heavy atom. The van der Waals surface area contributed by atoms with Crippen LogP contribution in [0, 0.1) is 0 Å². The molecule has 21 heavy (non-hydrogen) atoms. The van der Waals surface area contributed by atoms with E-state index in [2.05, 4.69) is 5.32 Å². The molecule has 1 aromatic carbocycles. The summed E-state index contributed by atoms with van der Waals surface area (Å²) in [7, 11) is 0. The number of rotatable bonds is 5. The molecule has 0 aromatic heterocycles. The van der Waals surface area contributed by atoms with Gasteiger partial charge in [0.15, 0.2) is 0 Å². The first-order valence-corrected chi connectivity index (χ1v) is 8.11. The molecule has 0 spiro atoms. The standard InChI is InChI=1S/C16H19NO3S/c18-15(19)9-6-12-4-7-13(8-5-12)16(20)17-11-14-3-1-2-10-21-14/h4-9,14H,1-3,10-11H2,(H,17,20)(H,18,19)/b9-6+. The molecular formula is C16H19NO3S. The molecule has 5 heteroatoms. The van der Waals surface area contributed by atoms with Crippen molar-refractivity contribution >= 4 is 29.7 Å². The number of nitrogens with one attached hydrogen (secondary N) is 1. The van der Waals surface area contributed by atoms with Gasteiger partial charge < -0.3 is 10.4 Å². The Morgan fingerprint density at radius 1 is 1.29 bits per heavy atom. The Kier molecular flexibility index (Phi) is 5.87. The van der Waals surface area contributed by atoms with E-state index >= 15 is 0 Å². The maximum Gasteiger partial charge on any atom is 0.328 e. The van der Waals surface area contributed by atoms with Crippen LogP contribution in [0.3, 0.4) is 0 Å². The molecule has 0 saturated carbocycles. The van der Waals surface area contributed by atoms with Crippen molar-refractivity contribution in [1.82, 2.24) is 5.32 Å². The lowest BCUT2D eigenvalue weighted by atomic mass is 10.1. The third-order valence-electron chi connectivity index (χ3n) is 3.36. The molecule has 1 saturated heterocycles. The van der Waals surface area contributed by atoms with Crippen molar-refractivity contribution in [2.45, 2.75) is 24.5 Å². The molecular weight excluding hydrogens is 286 g/mol. The molecule has 1 amide bonds. The normalized spacial score (nSPS) is 18.6. The molecule has 0 bridgehead atoms. The van der Waals surface area contributed by atoms with Gasteiger partial charge in [0.1, 0.15) is 0 Å². The van der Waals surface area contributed by atoms with Crippen LogP contribution in [-0.4, -0.2) is 34.5 Å². The van der Waals surface area contributed by atoms with Crippen LogP contribution in [-0.2, 0) is 4.79 Å². The monoisotopic (exact) mass is 305 g/mol. The summed E-state index contributed by atoms with van der Waals surface area (Å²) in [5, 5.41) is 12.1. The summed E-state index contributed by atoms with van der Waals surface area (Å²) in [6.07, 6.45) is 6.28. The first kappa shape index (κ1) is 15.6. The third-order valence-corrected chi connectivity index (χ3v) is 4.75. The van der Waals surface area contributed by atoms with E-state index in [4.69, 9.17) is 5.11 Å². The number of carboxylic acid groups (broad SMARTS) is 1. The SMILES string of the molecule is O=C(O)/C=C/c1ccc(C(=O)NCC2CCCCS2)cc1. The van der Waals surface area contributed by atoms with E-state index in [-0.39, 0.29) is 5.91 Å². The summed E-state index contributed by atoms with van der Waals surface area (Å²) in [6.45, 7) is 0.712. The Hall–Kier alpha value is -1.75. The molecule has 1 heterocycles. The van der Waals surface area contributed by atoms with Crippen LogP contribution in [0.1, 0.15) is 35.2 Å². The third kappa shape index (κ3) is 5.27. The molecule has 1 unspecified atom stereocenters. The highest BCUT2D eigenvalue weighted by molar-refractivity contribution is 7.99. The van der Waals surface area contributed by atoms with Gasteiger partial charge in [-0.05, 0) is 42.4 Å². The molecule has 1 fully saturated rings. The van der Waals surface area contributed by atoms with Gasteiger partial charge in [-0.3, -0.25) is 4.79 Å². The first-order valence-electron chi connectivity index (χ1n) is 7.06. The lowest BCUT2D eigenvalue weighted by Crippen LogP contribution is -2.31. The molecule has 2 N–H and O–H groups in total. The zero-order valence-corrected chi connectivity index (χ0v) is 12.6. The molecule has 1 atom stereocenters. The van der Waals surface area contributed by atoms with Gasteiger partial charge in [0, 0.05) is 23.4 Å². The molecule has 4 nitrogen and oxygen atoms in total. The molecule has 1 aliphatic heterocycles. The quantitative estimate of drug-likeness (QED) is 0.821. The van der Waals surface area contributed by atoms with Gasteiger partial charge in [-0.2, -0.15) is 11.8 Å². The minimum atomic E-state index is -0.984. The highest BCUT2D eigenvalue weighted by Crippen LogP contribution is 2.24. The van der Waals surface area contributed by atoms with E-state index in [1.165, 1.54) is 31.1 Å². The smallest absolute Gasteiger partial charge is 0.328 e. The number of carboxylic acids is 1. The van der Waals surface area contributed by atoms with Crippen LogP contribution in [0.2, 0.25) is 0 Å². The zero-order chi connectivity index (χ0) is 15.1. The molecule has 1 aliphatic rings. The average Bonchev–Trinajstić information content (AvgIpc) is 2.52. The maximum absolute atomic E-state index is 12.0. The average molecular weight is 305 g/mol. The largest absolute Gasteiger partial charge is 0.478 e. The summed E-state index contributed by atoms with van der Waals surface area (Å²) < 4.78 is 0. The fraction of sp³-hybridized carbons (Fsp3) is 0.375. The van der Waals surface area contributed by atoms with Crippen LogP contribution in [0.5, 0.6) is 0 Å². The number of hydrogen-bond donors (Lipinski definition) is 2. The highest BCUT2D eigenvalue weighted by Gasteiger charge is 2.15. The molecule has 0 radical (unpaired) electrons. The topological polar surface area (TPSA) is 66.4 Å². The maximum atomic E-state index is 12.0. The number of thioether (sulfide) groups is 1. The highest BCUT2D eigenvalue weighted by atomic mass is 32.2. The molecule has 1 aromatic rings. The molecule has 2 rings (SSSR count). The summed E-state index contributed by atoms with van der Waals surface area (Å²) in [4.78, 5) is 22.5. The van der Waals surface area contributed by atoms with Crippen molar-refractivity contribution in [3.05, 3.63) is 41.5 Å². The fourth-order valence-corrected chi connectivity index (χ4v) is 3.43. The van der Waals surface area contributed by atoms with Crippen LogP contribution >= 0.6 is 11.8 Å². The number of benzene rings is 1. The number of amides is 1. The van der Waals surface area contributed by atoms with Gasteiger partial charge in [-0.25, -0.2) is 4.79 Å². The first-order chi connectivity index (χ1) is 10.1. The van der Waals surface area contributed by atoms with E-state index in [1.807, 2.05) is 11.8 Å². The van der Waals surface area contributed by atoms with Gasteiger partial charge >= 0.3 is 5.97 Å². The molecule has 112 valence electrons. The van der Waals surface area contributed by atoms with Gasteiger partial charge in [-0.1, -0.05) is 18.6 Å². The van der Waals surface area contributed by atoms with Crippen LogP contribution < -0.4 is 5.32 Å². The van der Waals surface area contributed by atoms with Gasteiger partial charge in [0.05, 0.1) is 0 Å². The number of hydrogen-bond acceptors (Lipinski definition) is 3. The van der Waals surface area contributed by atoms with Gasteiger partial charge in [0.2, 0.25) is 0 Å². The second-order valence-corrected chi connectivity index (χ2v) is 6.40. The van der Waals surface area contributed by atoms with Crippen molar-refractivity contribution < 1.29 is 14.7 Å². The minimum Gasteiger partial charge on any atom is -0.478 e. The second kappa shape index (κ2) is 7.88. The van der Waals surface area contributed by atoms with E-state index in [0.29, 0.717) is 17.4 Å². The Bertz CT molecular complexity index is 519.